The lowest BCUT2D eigenvalue weighted by Crippen LogP contribution is -2.44. The van der Waals surface area contributed by atoms with Gasteiger partial charge >= 0.3 is 0 Å². The van der Waals surface area contributed by atoms with Crippen molar-refractivity contribution in [2.45, 2.75) is 19.4 Å². The molecule has 0 saturated carbocycles. The first kappa shape index (κ1) is 13.3. The van der Waals surface area contributed by atoms with Crippen LogP contribution >= 0.6 is 11.3 Å². The Hall–Kier alpha value is -1.66. The van der Waals surface area contributed by atoms with Crippen molar-refractivity contribution >= 4 is 17.2 Å². The van der Waals surface area contributed by atoms with E-state index < -0.39 is 0 Å². The quantitative estimate of drug-likeness (QED) is 0.940. The number of amides is 1. The number of nitrogens with zero attached hydrogens (tertiary/aromatic N) is 2. The van der Waals surface area contributed by atoms with E-state index in [-0.39, 0.29) is 11.9 Å². The van der Waals surface area contributed by atoms with Gasteiger partial charge in [-0.15, -0.1) is 11.3 Å². The molecule has 1 atom stereocenters. The van der Waals surface area contributed by atoms with Crippen LogP contribution in [0.15, 0.2) is 23.7 Å². The largest absolute Gasteiger partial charge is 0.377 e. The highest BCUT2D eigenvalue weighted by Gasteiger charge is 2.30. The number of nitrogens with one attached hydrogen (secondary N) is 1. The van der Waals surface area contributed by atoms with Crippen LogP contribution in [0.4, 0.5) is 0 Å². The van der Waals surface area contributed by atoms with Crippen LogP contribution in [0, 0.1) is 6.92 Å². The van der Waals surface area contributed by atoms with Crippen molar-refractivity contribution in [3.05, 3.63) is 40.1 Å². The number of imidazole rings is 1. The second-order valence-corrected chi connectivity index (χ2v) is 5.92. The van der Waals surface area contributed by atoms with E-state index in [9.17, 15) is 4.79 Å². The Bertz CT molecular complexity index is 579. The number of rotatable bonds is 3. The Labute approximate surface area is 121 Å². The zero-order valence-electron chi connectivity index (χ0n) is 11.3. The number of thiophene rings is 1. The maximum Gasteiger partial charge on any atom is 0.228 e. The summed E-state index contributed by atoms with van der Waals surface area (Å²) in [6.45, 7) is 3.67. The van der Waals surface area contributed by atoms with Crippen molar-refractivity contribution in [1.29, 1.82) is 0 Å². The molecular formula is C14H17N3O2S. The fourth-order valence-corrected chi connectivity index (χ4v) is 3.09. The summed E-state index contributed by atoms with van der Waals surface area (Å²) in [6, 6.07) is 3.86. The second kappa shape index (κ2) is 5.76. The number of morpholine rings is 1. The van der Waals surface area contributed by atoms with Crippen LogP contribution in [0.2, 0.25) is 0 Å². The fraction of sp³-hybridized carbons (Fsp3) is 0.429. The van der Waals surface area contributed by atoms with Crippen LogP contribution in [-0.2, 0) is 16.0 Å². The molecule has 6 heteroatoms. The summed E-state index contributed by atoms with van der Waals surface area (Å²) in [5, 5.41) is 2.00. The molecule has 0 radical (unpaired) electrons. The average Bonchev–Trinajstić information content (AvgIpc) is 3.10. The van der Waals surface area contributed by atoms with Crippen LogP contribution < -0.4 is 0 Å². The number of carbonyl (C=O) groups excluding carboxylic acids is 1. The fourth-order valence-electron chi connectivity index (χ4n) is 2.39. The van der Waals surface area contributed by atoms with Crippen LogP contribution in [0.3, 0.4) is 0 Å². The van der Waals surface area contributed by atoms with Crippen molar-refractivity contribution in [2.75, 3.05) is 19.8 Å². The van der Waals surface area contributed by atoms with Gasteiger partial charge < -0.3 is 14.6 Å². The molecule has 106 valence electrons. The number of aromatic amines is 1. The van der Waals surface area contributed by atoms with Gasteiger partial charge in [0.1, 0.15) is 11.9 Å². The summed E-state index contributed by atoms with van der Waals surface area (Å²) in [6.07, 6.45) is 2.24. The zero-order valence-corrected chi connectivity index (χ0v) is 12.2. The van der Waals surface area contributed by atoms with Gasteiger partial charge in [-0.2, -0.15) is 0 Å². The van der Waals surface area contributed by atoms with Gasteiger partial charge in [-0.1, -0.05) is 6.07 Å². The molecule has 3 rings (SSSR count). The zero-order chi connectivity index (χ0) is 13.9. The molecule has 3 heterocycles. The molecule has 5 nitrogen and oxygen atoms in total. The highest BCUT2D eigenvalue weighted by atomic mass is 32.1. The van der Waals surface area contributed by atoms with Gasteiger partial charge in [-0.3, -0.25) is 4.79 Å². The van der Waals surface area contributed by atoms with E-state index in [1.807, 2.05) is 29.3 Å². The molecule has 1 amide bonds. The number of ether oxygens (including phenoxy) is 1. The topological polar surface area (TPSA) is 58.2 Å². The Kier molecular flexibility index (Phi) is 3.84. The maximum atomic E-state index is 12.5. The molecule has 0 bridgehead atoms. The lowest BCUT2D eigenvalue weighted by atomic mass is 10.2. The van der Waals surface area contributed by atoms with Crippen LogP contribution in [0.5, 0.6) is 0 Å². The highest BCUT2D eigenvalue weighted by molar-refractivity contribution is 7.10. The molecular weight excluding hydrogens is 274 g/mol. The normalized spacial score (nSPS) is 19.2. The smallest absolute Gasteiger partial charge is 0.228 e. The number of hydrogen-bond donors (Lipinski definition) is 1. The second-order valence-electron chi connectivity index (χ2n) is 4.89. The Morgan fingerprint density at radius 2 is 2.55 bits per heavy atom. The van der Waals surface area contributed by atoms with E-state index in [1.165, 1.54) is 0 Å². The number of carbonyl (C=O) groups is 1. The van der Waals surface area contributed by atoms with Gasteiger partial charge in [0, 0.05) is 23.3 Å². The molecule has 1 saturated heterocycles. The molecule has 1 unspecified atom stereocenters. The van der Waals surface area contributed by atoms with E-state index in [0.717, 1.165) is 16.4 Å². The summed E-state index contributed by atoms with van der Waals surface area (Å²) in [4.78, 5) is 23.0. The van der Waals surface area contributed by atoms with Crippen LogP contribution in [0.25, 0.3) is 0 Å². The first-order valence-corrected chi connectivity index (χ1v) is 7.53. The van der Waals surface area contributed by atoms with Crippen molar-refractivity contribution in [2.24, 2.45) is 0 Å². The predicted octanol–water partition coefficient (Wildman–Crippen LogP) is 1.92. The molecule has 0 spiro atoms. The summed E-state index contributed by atoms with van der Waals surface area (Å²) in [5.74, 6) is 0.941. The van der Waals surface area contributed by atoms with E-state index in [0.29, 0.717) is 26.2 Å². The summed E-state index contributed by atoms with van der Waals surface area (Å²) < 4.78 is 5.51. The standard InChI is InChI=1S/C14H17N3O2S/c1-10-8-15-14(16-10)12-9-19-5-4-17(12)13(18)7-11-3-2-6-20-11/h2-3,6,8,12H,4-5,7,9H2,1H3,(H,15,16). The maximum absolute atomic E-state index is 12.5. The number of hydrogen-bond acceptors (Lipinski definition) is 4. The summed E-state index contributed by atoms with van der Waals surface area (Å²) in [5.41, 5.74) is 0.997. The highest BCUT2D eigenvalue weighted by Crippen LogP contribution is 2.23. The third kappa shape index (κ3) is 2.76. The molecule has 2 aromatic heterocycles. The first-order chi connectivity index (χ1) is 9.74. The van der Waals surface area contributed by atoms with Gasteiger partial charge in [-0.05, 0) is 18.4 Å². The minimum atomic E-state index is -0.107. The number of aryl methyl sites for hydroxylation is 1. The molecule has 1 fully saturated rings. The van der Waals surface area contributed by atoms with Crippen molar-refractivity contribution < 1.29 is 9.53 Å². The summed E-state index contributed by atoms with van der Waals surface area (Å²) in [7, 11) is 0. The van der Waals surface area contributed by atoms with Crippen LogP contribution in [-0.4, -0.2) is 40.5 Å². The van der Waals surface area contributed by atoms with Crippen molar-refractivity contribution in [3.63, 3.8) is 0 Å². The van der Waals surface area contributed by atoms with Gasteiger partial charge in [0.2, 0.25) is 5.91 Å². The monoisotopic (exact) mass is 291 g/mol. The van der Waals surface area contributed by atoms with E-state index in [1.54, 1.807) is 17.5 Å². The van der Waals surface area contributed by atoms with Crippen molar-refractivity contribution in [1.82, 2.24) is 14.9 Å². The summed E-state index contributed by atoms with van der Waals surface area (Å²) >= 11 is 1.61. The Morgan fingerprint density at radius 1 is 1.65 bits per heavy atom. The third-order valence-electron chi connectivity index (χ3n) is 3.39. The van der Waals surface area contributed by atoms with Crippen LogP contribution in [0.1, 0.15) is 22.4 Å². The SMILES string of the molecule is Cc1cnc(C2COCCN2C(=O)Cc2cccs2)[nH]1. The predicted molar refractivity (Wildman–Crippen MR) is 76.6 cm³/mol. The molecule has 0 aliphatic carbocycles. The third-order valence-corrected chi connectivity index (χ3v) is 4.27. The first-order valence-electron chi connectivity index (χ1n) is 6.65. The molecule has 1 N–H and O–H groups in total. The molecule has 1 aliphatic rings. The van der Waals surface area contributed by atoms with Gasteiger partial charge in [0.05, 0.1) is 19.6 Å². The lowest BCUT2D eigenvalue weighted by molar-refractivity contribution is -0.139. The molecule has 1 aliphatic heterocycles. The number of aromatic nitrogens is 2. The van der Waals surface area contributed by atoms with E-state index >= 15 is 0 Å². The Balaban J connectivity index is 1.76. The van der Waals surface area contributed by atoms with E-state index in [4.69, 9.17) is 4.74 Å². The van der Waals surface area contributed by atoms with E-state index in [2.05, 4.69) is 9.97 Å². The number of H-pyrrole nitrogens is 1. The minimum absolute atomic E-state index is 0.107. The van der Waals surface area contributed by atoms with Gasteiger partial charge in [0.15, 0.2) is 0 Å². The molecule has 20 heavy (non-hydrogen) atoms. The van der Waals surface area contributed by atoms with Crippen molar-refractivity contribution in [3.8, 4) is 0 Å². The van der Waals surface area contributed by atoms with Gasteiger partial charge in [-0.25, -0.2) is 4.98 Å². The lowest BCUT2D eigenvalue weighted by Gasteiger charge is -2.34. The molecule has 0 aromatic carbocycles. The molecule has 2 aromatic rings. The minimum Gasteiger partial charge on any atom is -0.377 e. The van der Waals surface area contributed by atoms with Gasteiger partial charge in [0.25, 0.3) is 0 Å². The Morgan fingerprint density at radius 3 is 3.25 bits per heavy atom. The average molecular weight is 291 g/mol.